The van der Waals surface area contributed by atoms with Crippen molar-refractivity contribution in [2.45, 2.75) is 16.6 Å². The molecule has 2 rings (SSSR count). The second kappa shape index (κ2) is 10.2. The highest BCUT2D eigenvalue weighted by Gasteiger charge is 2.31. The third-order valence-corrected chi connectivity index (χ3v) is 6.11. The Kier molecular flexibility index (Phi) is 8.92. The zero-order valence-electron chi connectivity index (χ0n) is 13.7. The molecule has 1 atom stereocenters. The van der Waals surface area contributed by atoms with Crippen LogP contribution in [0.25, 0.3) is 0 Å². The molecule has 0 radical (unpaired) electrons. The molecule has 144 valence electrons. The van der Waals surface area contributed by atoms with E-state index in [4.69, 9.17) is 16.7 Å². The van der Waals surface area contributed by atoms with Crippen molar-refractivity contribution in [3.8, 4) is 0 Å². The Morgan fingerprint density at radius 2 is 1.73 bits per heavy atom. The van der Waals surface area contributed by atoms with E-state index in [2.05, 4.69) is 5.32 Å². The van der Waals surface area contributed by atoms with Gasteiger partial charge in [-0.2, -0.15) is 0 Å². The summed E-state index contributed by atoms with van der Waals surface area (Å²) in [6, 6.07) is 8.28. The fourth-order valence-electron chi connectivity index (χ4n) is 2.46. The first-order chi connectivity index (χ1) is 11.9. The van der Waals surface area contributed by atoms with Crippen LogP contribution in [-0.2, 0) is 9.84 Å². The average molecular weight is 426 g/mol. The second-order valence-corrected chi connectivity index (χ2v) is 7.98. The van der Waals surface area contributed by atoms with E-state index >= 15 is 0 Å². The van der Waals surface area contributed by atoms with Gasteiger partial charge in [0.1, 0.15) is 11.6 Å². The number of aliphatic hydroxyl groups excluding tert-OH is 1. The van der Waals surface area contributed by atoms with Crippen LogP contribution in [0.3, 0.4) is 0 Å². The summed E-state index contributed by atoms with van der Waals surface area (Å²) < 4.78 is 53.7. The quantitative estimate of drug-likeness (QED) is 0.634. The number of rotatable bonds is 8. The maximum absolute atomic E-state index is 14.2. The largest absolute Gasteiger partial charge is 0.395 e. The van der Waals surface area contributed by atoms with Crippen LogP contribution in [0.4, 0.5) is 8.78 Å². The number of sulfone groups is 1. The Morgan fingerprint density at radius 3 is 2.35 bits per heavy atom. The number of hydrogen-bond acceptors (Lipinski definition) is 4. The van der Waals surface area contributed by atoms with Crippen LogP contribution in [0.15, 0.2) is 47.4 Å². The normalized spacial score (nSPS) is 12.5. The maximum atomic E-state index is 14.2. The Balaban J connectivity index is 0.00000338. The van der Waals surface area contributed by atoms with Gasteiger partial charge in [-0.25, -0.2) is 17.2 Å². The third kappa shape index (κ3) is 5.62. The van der Waals surface area contributed by atoms with Crippen LogP contribution in [0.1, 0.15) is 17.2 Å². The van der Waals surface area contributed by atoms with Gasteiger partial charge in [-0.15, -0.1) is 12.4 Å². The van der Waals surface area contributed by atoms with Gasteiger partial charge in [0.25, 0.3) is 0 Å². The summed E-state index contributed by atoms with van der Waals surface area (Å²) in [5.74, 6) is -1.50. The molecule has 0 amide bonds. The fraction of sp³-hybridized carbons (Fsp3) is 0.294. The van der Waals surface area contributed by atoms with Gasteiger partial charge < -0.3 is 10.4 Å². The average Bonchev–Trinajstić information content (AvgIpc) is 2.57. The Labute approximate surface area is 162 Å². The molecule has 0 fully saturated rings. The van der Waals surface area contributed by atoms with E-state index in [0.717, 1.165) is 18.2 Å². The molecule has 0 aliphatic rings. The van der Waals surface area contributed by atoms with Crippen molar-refractivity contribution in [1.29, 1.82) is 0 Å². The molecule has 0 saturated heterocycles. The van der Waals surface area contributed by atoms with Crippen molar-refractivity contribution in [3.05, 3.63) is 64.7 Å². The first kappa shape index (κ1) is 22.8. The molecule has 0 aromatic heterocycles. The third-order valence-electron chi connectivity index (χ3n) is 3.69. The second-order valence-electron chi connectivity index (χ2n) is 5.42. The zero-order valence-corrected chi connectivity index (χ0v) is 16.1. The molecule has 0 aliphatic carbocycles. The van der Waals surface area contributed by atoms with E-state index in [1.54, 1.807) is 0 Å². The van der Waals surface area contributed by atoms with Crippen LogP contribution in [0.2, 0.25) is 5.02 Å². The first-order valence-corrected chi connectivity index (χ1v) is 9.54. The Hall–Kier alpha value is -1.25. The summed E-state index contributed by atoms with van der Waals surface area (Å²) in [5, 5.41) is 10.7. The van der Waals surface area contributed by atoms with Crippen molar-refractivity contribution in [2.24, 2.45) is 0 Å². The standard InChI is InChI=1S/C17H18ClF2NO3S.ClH/c18-12-1-4-14(5-2-12)25(23,24)17(7-8-21-9-10-22)15-11-13(19)3-6-16(15)20;/h1-6,11,17,21-22H,7-10H2;1H. The lowest BCUT2D eigenvalue weighted by molar-refractivity contribution is 0.292. The molecule has 2 aromatic carbocycles. The minimum atomic E-state index is -3.97. The van der Waals surface area contributed by atoms with E-state index in [1.165, 1.54) is 24.3 Å². The molecular formula is C17H19Cl2F2NO3S. The zero-order chi connectivity index (χ0) is 18.4. The predicted molar refractivity (Wildman–Crippen MR) is 99.6 cm³/mol. The van der Waals surface area contributed by atoms with Crippen LogP contribution < -0.4 is 5.32 Å². The van der Waals surface area contributed by atoms with Gasteiger partial charge in [-0.3, -0.25) is 0 Å². The molecule has 9 heteroatoms. The summed E-state index contributed by atoms with van der Waals surface area (Å²) in [6.07, 6.45) is 0.0192. The van der Waals surface area contributed by atoms with E-state index in [0.29, 0.717) is 5.02 Å². The Morgan fingerprint density at radius 1 is 1.08 bits per heavy atom. The van der Waals surface area contributed by atoms with Crippen LogP contribution in [0, 0.1) is 11.6 Å². The van der Waals surface area contributed by atoms with Crippen LogP contribution >= 0.6 is 24.0 Å². The van der Waals surface area contributed by atoms with Gasteiger partial charge in [0, 0.05) is 17.1 Å². The van der Waals surface area contributed by atoms with E-state index in [-0.39, 0.29) is 49.0 Å². The van der Waals surface area contributed by atoms with Gasteiger partial charge >= 0.3 is 0 Å². The molecule has 0 spiro atoms. The smallest absolute Gasteiger partial charge is 0.185 e. The van der Waals surface area contributed by atoms with E-state index < -0.39 is 26.7 Å². The highest BCUT2D eigenvalue weighted by atomic mass is 35.5. The highest BCUT2D eigenvalue weighted by molar-refractivity contribution is 7.91. The first-order valence-electron chi connectivity index (χ1n) is 7.62. The molecule has 0 bridgehead atoms. The minimum Gasteiger partial charge on any atom is -0.395 e. The van der Waals surface area contributed by atoms with Gasteiger partial charge in [0.2, 0.25) is 0 Å². The monoisotopic (exact) mass is 425 g/mol. The lowest BCUT2D eigenvalue weighted by Gasteiger charge is -2.19. The lowest BCUT2D eigenvalue weighted by atomic mass is 10.1. The topological polar surface area (TPSA) is 66.4 Å². The minimum absolute atomic E-state index is 0. The van der Waals surface area contributed by atoms with Crippen LogP contribution in [0.5, 0.6) is 0 Å². The number of halogens is 4. The Bertz CT molecular complexity index is 817. The lowest BCUT2D eigenvalue weighted by Crippen LogP contribution is -2.24. The molecule has 0 aliphatic heterocycles. The van der Waals surface area contributed by atoms with Crippen molar-refractivity contribution in [2.75, 3.05) is 19.7 Å². The van der Waals surface area contributed by atoms with Crippen molar-refractivity contribution < 1.29 is 22.3 Å². The van der Waals surface area contributed by atoms with Gasteiger partial charge in [-0.05, 0) is 55.4 Å². The van der Waals surface area contributed by atoms with Gasteiger partial charge in [0.15, 0.2) is 9.84 Å². The molecule has 2 aromatic rings. The van der Waals surface area contributed by atoms with Crippen LogP contribution in [-0.4, -0.2) is 33.2 Å². The molecule has 26 heavy (non-hydrogen) atoms. The van der Waals surface area contributed by atoms with Crippen molar-refractivity contribution in [1.82, 2.24) is 5.32 Å². The summed E-state index contributed by atoms with van der Waals surface area (Å²) >= 11 is 5.78. The van der Waals surface area contributed by atoms with E-state index in [9.17, 15) is 17.2 Å². The maximum Gasteiger partial charge on any atom is 0.185 e. The molecule has 0 saturated carbocycles. The predicted octanol–water partition coefficient (Wildman–Crippen LogP) is 3.53. The van der Waals surface area contributed by atoms with Gasteiger partial charge in [0.05, 0.1) is 16.8 Å². The molecule has 4 nitrogen and oxygen atoms in total. The summed E-state index contributed by atoms with van der Waals surface area (Å²) in [7, 11) is -3.97. The van der Waals surface area contributed by atoms with Crippen molar-refractivity contribution >= 4 is 33.8 Å². The SMILES string of the molecule is Cl.O=S(=O)(c1ccc(Cl)cc1)C(CCNCCO)c1cc(F)ccc1F. The number of hydrogen-bond donors (Lipinski definition) is 2. The number of nitrogens with one attached hydrogen (secondary N) is 1. The summed E-state index contributed by atoms with van der Waals surface area (Å²) in [4.78, 5) is -0.0206. The molecule has 2 N–H and O–H groups in total. The molecule has 0 heterocycles. The molecule has 1 unspecified atom stereocenters. The van der Waals surface area contributed by atoms with Gasteiger partial charge in [-0.1, -0.05) is 11.6 Å². The highest BCUT2D eigenvalue weighted by Crippen LogP contribution is 2.34. The van der Waals surface area contributed by atoms with E-state index in [1.807, 2.05) is 0 Å². The number of benzene rings is 2. The van der Waals surface area contributed by atoms with Crippen molar-refractivity contribution in [3.63, 3.8) is 0 Å². The summed E-state index contributed by atoms with van der Waals surface area (Å²) in [6.45, 7) is 0.385. The fourth-order valence-corrected chi connectivity index (χ4v) is 4.38. The summed E-state index contributed by atoms with van der Waals surface area (Å²) in [5.41, 5.74) is -0.222. The molecular weight excluding hydrogens is 407 g/mol. The number of aliphatic hydroxyl groups is 1.